The van der Waals surface area contributed by atoms with Crippen molar-refractivity contribution < 1.29 is 5.11 Å². The summed E-state index contributed by atoms with van der Waals surface area (Å²) < 4.78 is 0. The molecule has 156 valence electrons. The molecule has 3 heteroatoms. The number of nitrogens with one attached hydrogen (secondary N) is 1. The van der Waals surface area contributed by atoms with Crippen molar-refractivity contribution in [3.63, 3.8) is 0 Å². The smallest absolute Gasteiger partial charge is 0.0494 e. The Balaban J connectivity index is 1.44. The summed E-state index contributed by atoms with van der Waals surface area (Å²) in [6, 6.07) is 12.8. The summed E-state index contributed by atoms with van der Waals surface area (Å²) >= 11 is 0. The van der Waals surface area contributed by atoms with Gasteiger partial charge in [0.1, 0.15) is 0 Å². The van der Waals surface area contributed by atoms with Crippen molar-refractivity contribution in [3.05, 3.63) is 41.5 Å². The van der Waals surface area contributed by atoms with Crippen molar-refractivity contribution in [1.82, 2.24) is 10.2 Å². The third kappa shape index (κ3) is 5.92. The van der Waals surface area contributed by atoms with E-state index < -0.39 is 0 Å². The molecule has 2 fully saturated rings. The van der Waals surface area contributed by atoms with Crippen molar-refractivity contribution in [2.24, 2.45) is 11.3 Å². The Morgan fingerprint density at radius 2 is 1.86 bits per heavy atom. The molecule has 0 aliphatic heterocycles. The summed E-state index contributed by atoms with van der Waals surface area (Å²) in [5.41, 5.74) is 2.93. The quantitative estimate of drug-likeness (QED) is 0.647. The van der Waals surface area contributed by atoms with Gasteiger partial charge < -0.3 is 15.3 Å². The van der Waals surface area contributed by atoms with Crippen LogP contribution in [0.4, 0.5) is 0 Å². The fourth-order valence-electron chi connectivity index (χ4n) is 4.86. The van der Waals surface area contributed by atoms with Crippen LogP contribution in [0.3, 0.4) is 0 Å². The van der Waals surface area contributed by atoms with Crippen LogP contribution < -0.4 is 5.32 Å². The molecule has 0 heterocycles. The second-order valence-corrected chi connectivity index (χ2v) is 9.84. The Morgan fingerprint density at radius 1 is 1.18 bits per heavy atom. The summed E-state index contributed by atoms with van der Waals surface area (Å²) in [5.74, 6) is 0.732. The number of nitrogens with zero attached hydrogens (tertiary/aromatic N) is 1. The Hall–Kier alpha value is -1.16. The number of hydrogen-bond acceptors (Lipinski definition) is 3. The maximum atomic E-state index is 9.53. The third-order valence-electron chi connectivity index (χ3n) is 6.70. The molecule has 0 aromatic heterocycles. The largest absolute Gasteiger partial charge is 0.396 e. The van der Waals surface area contributed by atoms with Crippen molar-refractivity contribution >= 4 is 6.08 Å². The molecule has 2 saturated carbocycles. The summed E-state index contributed by atoms with van der Waals surface area (Å²) in [6.45, 7) is 7.82. The molecule has 28 heavy (non-hydrogen) atoms. The maximum absolute atomic E-state index is 9.53. The number of benzene rings is 1. The first-order chi connectivity index (χ1) is 13.4. The zero-order valence-electron chi connectivity index (χ0n) is 18.3. The highest BCUT2D eigenvalue weighted by molar-refractivity contribution is 5.54. The number of aliphatic hydroxyl groups excluding tert-OH is 1. The monoisotopic (exact) mass is 384 g/mol. The highest BCUT2D eigenvalue weighted by Gasteiger charge is 2.40. The molecule has 0 spiro atoms. The summed E-state index contributed by atoms with van der Waals surface area (Å²) in [5, 5.41) is 13.5. The van der Waals surface area contributed by atoms with E-state index in [9.17, 15) is 5.11 Å². The van der Waals surface area contributed by atoms with Gasteiger partial charge in [-0.2, -0.15) is 0 Å². The van der Waals surface area contributed by atoms with E-state index in [1.165, 1.54) is 37.7 Å². The van der Waals surface area contributed by atoms with E-state index in [4.69, 9.17) is 0 Å². The molecular weight excluding hydrogens is 344 g/mol. The van der Waals surface area contributed by atoms with Gasteiger partial charge in [0.05, 0.1) is 0 Å². The Kier molecular flexibility index (Phi) is 7.36. The van der Waals surface area contributed by atoms with Crippen molar-refractivity contribution in [2.45, 2.75) is 77.4 Å². The molecule has 0 amide bonds. The predicted octanol–water partition coefficient (Wildman–Crippen LogP) is 4.72. The lowest BCUT2D eigenvalue weighted by molar-refractivity contribution is 0.0794. The van der Waals surface area contributed by atoms with Gasteiger partial charge in [-0.1, -0.05) is 62.8 Å². The van der Waals surface area contributed by atoms with E-state index in [-0.39, 0.29) is 12.0 Å². The van der Waals surface area contributed by atoms with Crippen molar-refractivity contribution in [3.8, 4) is 0 Å². The molecule has 0 radical (unpaired) electrons. The van der Waals surface area contributed by atoms with Crippen molar-refractivity contribution in [2.75, 3.05) is 20.2 Å². The third-order valence-corrected chi connectivity index (χ3v) is 6.70. The predicted molar refractivity (Wildman–Crippen MR) is 119 cm³/mol. The second-order valence-electron chi connectivity index (χ2n) is 9.84. The summed E-state index contributed by atoms with van der Waals surface area (Å²) in [7, 11) is 2.23. The molecular formula is C25H40N2O. The van der Waals surface area contributed by atoms with Crippen LogP contribution >= 0.6 is 0 Å². The summed E-state index contributed by atoms with van der Waals surface area (Å²) in [6.07, 6.45) is 9.96. The molecule has 0 bridgehead atoms. The lowest BCUT2D eigenvalue weighted by Gasteiger charge is -2.38. The van der Waals surface area contributed by atoms with Crippen LogP contribution in [0.2, 0.25) is 0 Å². The second kappa shape index (κ2) is 9.56. The van der Waals surface area contributed by atoms with E-state index in [0.717, 1.165) is 18.9 Å². The molecule has 3 nitrogen and oxygen atoms in total. The van der Waals surface area contributed by atoms with Gasteiger partial charge >= 0.3 is 0 Å². The van der Waals surface area contributed by atoms with Crippen LogP contribution in [0.25, 0.3) is 6.08 Å². The number of hydrogen-bond donors (Lipinski definition) is 2. The Bertz CT molecular complexity index is 631. The first kappa shape index (κ1) is 21.5. The Morgan fingerprint density at radius 3 is 2.46 bits per heavy atom. The highest BCUT2D eigenvalue weighted by atomic mass is 16.3. The normalized spacial score (nSPS) is 28.6. The highest BCUT2D eigenvalue weighted by Crippen LogP contribution is 2.41. The first-order valence-electron chi connectivity index (χ1n) is 11.2. The topological polar surface area (TPSA) is 35.5 Å². The minimum atomic E-state index is -0.00722. The van der Waals surface area contributed by atoms with Crippen LogP contribution in [0.5, 0.6) is 0 Å². The average Bonchev–Trinajstić information content (AvgIpc) is 3.46. The van der Waals surface area contributed by atoms with Crippen LogP contribution in [-0.4, -0.2) is 48.3 Å². The minimum Gasteiger partial charge on any atom is -0.396 e. The average molecular weight is 385 g/mol. The van der Waals surface area contributed by atoms with E-state index in [1.807, 2.05) is 0 Å². The molecule has 0 saturated heterocycles. The number of rotatable bonds is 9. The van der Waals surface area contributed by atoms with E-state index in [1.54, 1.807) is 5.57 Å². The Labute approximate surface area is 172 Å². The standard InChI is InChI=1S/C25H40N2O/c1-5-20(15-19-9-7-6-8-10-19)23-16-24(23)26-21-11-13-22(14-12-21)27(4)17-25(2,3)18-28/h6-10,15,21-24,26,28H,5,11-14,16-18H2,1-4H3/b20-15+/t21?,22?,23-,24+/m0/s1. The van der Waals surface area contributed by atoms with Gasteiger partial charge in [-0.25, -0.2) is 0 Å². The van der Waals surface area contributed by atoms with Gasteiger partial charge in [-0.05, 0) is 57.1 Å². The first-order valence-corrected chi connectivity index (χ1v) is 11.2. The SMILES string of the molecule is CC/C(=C\c1ccccc1)[C@@H]1C[C@H]1NC1CCC(N(C)CC(C)(C)CO)CC1. The van der Waals surface area contributed by atoms with Gasteiger partial charge in [0.2, 0.25) is 0 Å². The van der Waals surface area contributed by atoms with Gasteiger partial charge in [0.25, 0.3) is 0 Å². The van der Waals surface area contributed by atoms with Crippen LogP contribution in [0.1, 0.15) is 64.9 Å². The molecule has 2 aliphatic rings. The molecule has 3 rings (SSSR count). The molecule has 1 aromatic rings. The van der Waals surface area contributed by atoms with E-state index in [0.29, 0.717) is 18.1 Å². The van der Waals surface area contributed by atoms with Gasteiger partial charge in [-0.3, -0.25) is 0 Å². The molecule has 1 aromatic carbocycles. The van der Waals surface area contributed by atoms with Crippen LogP contribution in [0.15, 0.2) is 35.9 Å². The maximum Gasteiger partial charge on any atom is 0.0494 e. The summed E-state index contributed by atoms with van der Waals surface area (Å²) in [4.78, 5) is 2.48. The lowest BCUT2D eigenvalue weighted by atomic mass is 9.88. The lowest BCUT2D eigenvalue weighted by Crippen LogP contribution is -2.45. The van der Waals surface area contributed by atoms with Crippen molar-refractivity contribution in [1.29, 1.82) is 0 Å². The zero-order valence-corrected chi connectivity index (χ0v) is 18.3. The molecule has 2 atom stereocenters. The number of aliphatic hydroxyl groups is 1. The fraction of sp³-hybridized carbons (Fsp3) is 0.680. The molecule has 0 unspecified atom stereocenters. The molecule has 2 aliphatic carbocycles. The minimum absolute atomic E-state index is 0.00722. The van der Waals surface area contributed by atoms with Gasteiger partial charge in [0.15, 0.2) is 0 Å². The van der Waals surface area contributed by atoms with Gasteiger partial charge in [0, 0.05) is 36.7 Å². The molecule has 2 N–H and O–H groups in total. The van der Waals surface area contributed by atoms with E-state index >= 15 is 0 Å². The van der Waals surface area contributed by atoms with Gasteiger partial charge in [-0.15, -0.1) is 0 Å². The zero-order chi connectivity index (χ0) is 20.1. The fourth-order valence-corrected chi connectivity index (χ4v) is 4.86. The van der Waals surface area contributed by atoms with E-state index in [2.05, 4.69) is 74.4 Å². The van der Waals surface area contributed by atoms with Crippen LogP contribution in [-0.2, 0) is 0 Å². The van der Waals surface area contributed by atoms with Crippen LogP contribution in [0, 0.1) is 11.3 Å².